The van der Waals surface area contributed by atoms with Crippen molar-refractivity contribution in [3.8, 4) is 0 Å². The van der Waals surface area contributed by atoms with Gasteiger partial charge in [0.25, 0.3) is 0 Å². The third-order valence-corrected chi connectivity index (χ3v) is 0. The molecule has 0 aromatic carbocycles. The van der Waals surface area contributed by atoms with E-state index in [0.29, 0.717) is 7.92 Å². The second kappa shape index (κ2) is 4.49. The highest BCUT2D eigenvalue weighted by atomic mass is 31.1. The molecule has 0 aliphatic carbocycles. The Morgan fingerprint density at radius 3 is 1.40 bits per heavy atom. The fourth-order valence-electron chi connectivity index (χ4n) is 0. The maximum absolute atomic E-state index is 5.25. The SMILES string of the molecule is CP(C)C.[2H][B]. The molecule has 0 nitrogen and oxygen atoms in total. The Bertz CT molecular complexity index is 15.5. The molecule has 0 unspecified atom stereocenters. The van der Waals surface area contributed by atoms with E-state index < -0.39 is 0 Å². The van der Waals surface area contributed by atoms with E-state index in [1.165, 1.54) is 0 Å². The van der Waals surface area contributed by atoms with Gasteiger partial charge in [-0.3, -0.25) is 0 Å². The van der Waals surface area contributed by atoms with Gasteiger partial charge in [-0.2, -0.15) is 0 Å². The van der Waals surface area contributed by atoms with Crippen molar-refractivity contribution in [1.29, 1.82) is 1.34 Å². The molecule has 0 atom stereocenters. The Morgan fingerprint density at radius 1 is 1.40 bits per heavy atom. The molecule has 0 bridgehead atoms. The highest BCUT2D eigenvalue weighted by molar-refractivity contribution is 7.55. The van der Waals surface area contributed by atoms with Crippen LogP contribution >= 0.6 is 7.92 Å². The first-order valence-electron chi connectivity index (χ1n) is 1.92. The predicted octanol–water partition coefficient (Wildman–Crippen LogP) is 0.709. The third kappa shape index (κ3) is 114. The molecule has 0 rings (SSSR count). The van der Waals surface area contributed by atoms with Crippen LogP contribution in [0.15, 0.2) is 0 Å². The number of hydrogen-bond donors (Lipinski definition) is 0. The van der Waals surface area contributed by atoms with Crippen molar-refractivity contribution in [3.63, 3.8) is 0 Å². The molecule has 30 valence electrons. The van der Waals surface area contributed by atoms with E-state index in [-0.39, 0.29) is 0 Å². The van der Waals surface area contributed by atoms with Gasteiger partial charge in [0, 0.05) is 8.38 Å². The van der Waals surface area contributed by atoms with E-state index >= 15 is 0 Å². The Balaban J connectivity index is 0. The van der Waals surface area contributed by atoms with Crippen LogP contribution in [-0.2, 0) is 0 Å². The second-order valence-corrected chi connectivity index (χ2v) is 4.02. The van der Waals surface area contributed by atoms with Gasteiger partial charge in [0.2, 0.25) is 0 Å². The molecule has 5 heavy (non-hydrogen) atoms. The molecule has 0 aliphatic heterocycles. The monoisotopic (exact) mass is 89.1 g/mol. The van der Waals surface area contributed by atoms with Crippen molar-refractivity contribution in [1.82, 2.24) is 0 Å². The average Bonchev–Trinajstić information content (AvgIpc) is 1.41. The molecule has 0 amide bonds. The van der Waals surface area contributed by atoms with E-state index in [4.69, 9.17) is 1.34 Å². The van der Waals surface area contributed by atoms with Gasteiger partial charge in [-0.05, 0) is 21.3 Å². The first-order chi connectivity index (χ1) is 2.73. The zero-order valence-electron chi connectivity index (χ0n) is 5.02. The van der Waals surface area contributed by atoms with Gasteiger partial charge in [0.1, 0.15) is 0 Å². The van der Waals surface area contributed by atoms with Crippen molar-refractivity contribution in [2.75, 3.05) is 20.0 Å². The lowest BCUT2D eigenvalue weighted by Gasteiger charge is -1.81. The molecular formula is C3H10BP. The summed E-state index contributed by atoms with van der Waals surface area (Å²) in [4.78, 5) is 0. The lowest BCUT2D eigenvalue weighted by molar-refractivity contribution is 2.13. The van der Waals surface area contributed by atoms with Crippen molar-refractivity contribution >= 4 is 16.3 Å². The lowest BCUT2D eigenvalue weighted by atomic mass is 10.8. The minimum Gasteiger partial charge on any atom is -0.116 e. The molecule has 0 saturated heterocycles. The van der Waals surface area contributed by atoms with Crippen molar-refractivity contribution in [3.05, 3.63) is 0 Å². The van der Waals surface area contributed by atoms with E-state index in [2.05, 4.69) is 28.4 Å². The van der Waals surface area contributed by atoms with Gasteiger partial charge in [-0.25, -0.2) is 0 Å². The molecule has 0 fully saturated rings. The molecule has 0 spiro atoms. The third-order valence-electron chi connectivity index (χ3n) is 0. The van der Waals surface area contributed by atoms with Gasteiger partial charge in [0.15, 0.2) is 0 Å². The van der Waals surface area contributed by atoms with Crippen molar-refractivity contribution in [2.24, 2.45) is 0 Å². The summed E-state index contributed by atoms with van der Waals surface area (Å²) < 4.78 is 5.25. The van der Waals surface area contributed by atoms with Gasteiger partial charge in [-0.15, -0.1) is 7.92 Å². The molecule has 0 N–H and O–H groups in total. The molecule has 0 heterocycles. The van der Waals surface area contributed by atoms with Gasteiger partial charge in [-0.1, -0.05) is 0 Å². The second-order valence-electron chi connectivity index (χ2n) is 1.34. The minimum atomic E-state index is 0.380. The summed E-state index contributed by atoms with van der Waals surface area (Å²) in [5.41, 5.74) is 0. The Labute approximate surface area is 38.6 Å². The average molecular weight is 88.9 g/mol. The van der Waals surface area contributed by atoms with Crippen LogP contribution in [-0.4, -0.2) is 29.7 Å². The molecular weight excluding hydrogens is 77.8 g/mol. The van der Waals surface area contributed by atoms with Crippen LogP contribution in [0.5, 0.6) is 0 Å². The van der Waals surface area contributed by atoms with Crippen LogP contribution in [0.3, 0.4) is 0 Å². The summed E-state index contributed by atoms with van der Waals surface area (Å²) in [6.45, 7) is 6.69. The van der Waals surface area contributed by atoms with Crippen LogP contribution in [0, 0.1) is 0 Å². The molecule has 0 aliphatic rings. The van der Waals surface area contributed by atoms with Gasteiger partial charge >= 0.3 is 0 Å². The Morgan fingerprint density at radius 2 is 1.40 bits per heavy atom. The number of rotatable bonds is 0. The summed E-state index contributed by atoms with van der Waals surface area (Å²) in [7, 11) is 4.13. The Kier molecular flexibility index (Phi) is 4.94. The molecule has 0 aromatic heterocycles. The van der Waals surface area contributed by atoms with Gasteiger partial charge in [0.05, 0.1) is 0 Å². The van der Waals surface area contributed by atoms with Crippen LogP contribution in [0.2, 0.25) is 0 Å². The summed E-state index contributed by atoms with van der Waals surface area (Å²) in [6, 6.07) is 0. The van der Waals surface area contributed by atoms with Crippen molar-refractivity contribution in [2.45, 2.75) is 0 Å². The fourth-order valence-corrected chi connectivity index (χ4v) is 0. The Hall–Kier alpha value is 0.495. The largest absolute Gasteiger partial charge is 0.116 e. The first-order valence-corrected chi connectivity index (χ1v) is 4.02. The summed E-state index contributed by atoms with van der Waals surface area (Å²) in [5, 5.41) is 0. The molecule has 0 aromatic rings. The van der Waals surface area contributed by atoms with Crippen LogP contribution in [0.4, 0.5) is 0 Å². The molecule has 2 radical (unpaired) electrons. The minimum absolute atomic E-state index is 0.380. The summed E-state index contributed by atoms with van der Waals surface area (Å²) in [6.07, 6.45) is 0. The smallest absolute Gasteiger partial charge is 0.0379 e. The first kappa shape index (κ1) is 5.49. The van der Waals surface area contributed by atoms with Crippen molar-refractivity contribution < 1.29 is 0 Å². The fraction of sp³-hybridized carbons (Fsp3) is 1.00. The van der Waals surface area contributed by atoms with E-state index in [1.54, 1.807) is 0 Å². The molecule has 0 saturated carbocycles. The predicted molar refractivity (Wildman–Crippen MR) is 31.8 cm³/mol. The quantitative estimate of drug-likeness (QED) is 0.303. The van der Waals surface area contributed by atoms with E-state index in [0.717, 1.165) is 0 Å². The zero-order chi connectivity index (χ0) is 5.58. The van der Waals surface area contributed by atoms with Crippen LogP contribution < -0.4 is 0 Å². The highest BCUT2D eigenvalue weighted by Gasteiger charge is 1.65. The van der Waals surface area contributed by atoms with Gasteiger partial charge < -0.3 is 0 Å². The standard InChI is InChI=1S/C3H9P.BH/c1-4(2)3;/h1-3H3;1H/i;1D. The summed E-state index contributed by atoms with van der Waals surface area (Å²) in [5.74, 6) is 0. The normalized spacial score (nSPS) is 8.40. The summed E-state index contributed by atoms with van der Waals surface area (Å²) >= 11 is 0. The highest BCUT2D eigenvalue weighted by Crippen LogP contribution is 2.14. The zero-order valence-corrected chi connectivity index (χ0v) is 4.92. The molecule has 2 heteroatoms. The van der Waals surface area contributed by atoms with Crippen LogP contribution in [0.1, 0.15) is 0 Å². The van der Waals surface area contributed by atoms with E-state index in [9.17, 15) is 0 Å². The topological polar surface area (TPSA) is 0 Å². The van der Waals surface area contributed by atoms with E-state index in [1.807, 2.05) is 0 Å². The maximum Gasteiger partial charge on any atom is 0.0379 e. The maximum atomic E-state index is 5.25. The number of hydrogen-bond acceptors (Lipinski definition) is 0. The lowest BCUT2D eigenvalue weighted by Crippen LogP contribution is -1.48. The van der Waals surface area contributed by atoms with Crippen LogP contribution in [0.25, 0.3) is 0 Å².